The van der Waals surface area contributed by atoms with Gasteiger partial charge in [-0.25, -0.2) is 0 Å². The van der Waals surface area contributed by atoms with Crippen molar-refractivity contribution in [3.05, 3.63) is 0 Å². The smallest absolute Gasteiger partial charge is 0.134 e. The first-order valence-electron chi connectivity index (χ1n) is 2.57. The molecular formula is C5H10Br2O2. The number of aliphatic hydroxyl groups excluding tert-OH is 1. The predicted molar refractivity (Wildman–Crippen MR) is 43.6 cm³/mol. The van der Waals surface area contributed by atoms with Gasteiger partial charge >= 0.3 is 0 Å². The van der Waals surface area contributed by atoms with Crippen LogP contribution in [0.5, 0.6) is 0 Å². The quantitative estimate of drug-likeness (QED) is 0.788. The zero-order chi connectivity index (χ0) is 7.49. The van der Waals surface area contributed by atoms with Gasteiger partial charge in [-0.05, 0) is 0 Å². The third kappa shape index (κ3) is 2.98. The summed E-state index contributed by atoms with van der Waals surface area (Å²) in [5.41, 5.74) is -0.247. The van der Waals surface area contributed by atoms with E-state index in [2.05, 4.69) is 32.2 Å². The van der Waals surface area contributed by atoms with Gasteiger partial charge in [0.15, 0.2) is 0 Å². The molecule has 0 radical (unpaired) electrons. The molecule has 0 aromatic heterocycles. The van der Waals surface area contributed by atoms with Crippen molar-refractivity contribution < 1.29 is 8.93 Å². The number of alkyl halides is 1. The monoisotopic (exact) mass is 260 g/mol. The molecule has 0 aliphatic carbocycles. The number of rotatable bonds is 3. The first-order chi connectivity index (χ1) is 4.04. The summed E-state index contributed by atoms with van der Waals surface area (Å²) >= 11 is 6.06. The van der Waals surface area contributed by atoms with Crippen LogP contribution in [0.3, 0.4) is 0 Å². The normalized spacial score (nSPS) is 15.7. The van der Waals surface area contributed by atoms with Crippen LogP contribution >= 0.6 is 32.2 Å². The van der Waals surface area contributed by atoms with Crippen molar-refractivity contribution >= 4 is 32.2 Å². The Kier molecular flexibility index (Phi) is 4.29. The molecule has 0 amide bonds. The third-order valence-corrected chi connectivity index (χ3v) is 3.40. The average molecular weight is 262 g/mol. The molecule has 1 atom stereocenters. The number of aliphatic hydroxyl groups is 1. The molecule has 1 N–H and O–H groups in total. The van der Waals surface area contributed by atoms with E-state index in [1.807, 2.05) is 13.8 Å². The highest BCUT2D eigenvalue weighted by Gasteiger charge is 2.26. The largest absolute Gasteiger partial charge is 0.396 e. The lowest BCUT2D eigenvalue weighted by Crippen LogP contribution is -2.28. The molecule has 0 aliphatic heterocycles. The molecule has 0 heterocycles. The van der Waals surface area contributed by atoms with Crippen LogP contribution < -0.4 is 0 Å². The van der Waals surface area contributed by atoms with Crippen LogP contribution in [0.2, 0.25) is 0 Å². The summed E-state index contributed by atoms with van der Waals surface area (Å²) < 4.78 is 4.78. The molecule has 0 fully saturated rings. The minimum atomic E-state index is -0.247. The van der Waals surface area contributed by atoms with E-state index in [1.165, 1.54) is 0 Å². The molecular weight excluding hydrogens is 252 g/mol. The fraction of sp³-hybridized carbons (Fsp3) is 1.00. The second-order valence-electron chi connectivity index (χ2n) is 2.55. The molecule has 0 aliphatic rings. The van der Waals surface area contributed by atoms with Gasteiger partial charge in [0.1, 0.15) is 5.01 Å². The van der Waals surface area contributed by atoms with Crippen molar-refractivity contribution in [3.63, 3.8) is 0 Å². The van der Waals surface area contributed by atoms with Gasteiger partial charge in [0.05, 0.1) is 22.9 Å². The van der Waals surface area contributed by atoms with E-state index in [0.29, 0.717) is 0 Å². The second kappa shape index (κ2) is 3.91. The van der Waals surface area contributed by atoms with Crippen LogP contribution in [-0.2, 0) is 3.83 Å². The Bertz CT molecular complexity index is 85.0. The zero-order valence-corrected chi connectivity index (χ0v) is 8.57. The summed E-state index contributed by atoms with van der Waals surface area (Å²) in [6, 6.07) is 0. The van der Waals surface area contributed by atoms with Crippen LogP contribution in [0, 0.1) is 5.41 Å². The third-order valence-electron chi connectivity index (χ3n) is 1.10. The Hall–Kier alpha value is 0.880. The minimum absolute atomic E-state index is 0.0918. The predicted octanol–water partition coefficient (Wildman–Crippen LogP) is 2.05. The van der Waals surface area contributed by atoms with E-state index in [-0.39, 0.29) is 17.0 Å². The van der Waals surface area contributed by atoms with Crippen molar-refractivity contribution in [3.8, 4) is 0 Å². The fourth-order valence-electron chi connectivity index (χ4n) is 0.192. The maximum Gasteiger partial charge on any atom is 0.134 e. The Balaban J connectivity index is 3.80. The van der Waals surface area contributed by atoms with Crippen LogP contribution in [0.4, 0.5) is 0 Å². The van der Waals surface area contributed by atoms with Gasteiger partial charge in [-0.15, -0.1) is 0 Å². The maximum atomic E-state index is 8.76. The molecule has 0 aromatic rings. The lowest BCUT2D eigenvalue weighted by molar-refractivity contribution is 0.0973. The van der Waals surface area contributed by atoms with Crippen molar-refractivity contribution in [2.45, 2.75) is 18.9 Å². The molecule has 0 aromatic carbocycles. The van der Waals surface area contributed by atoms with E-state index in [4.69, 9.17) is 8.93 Å². The fourth-order valence-corrected chi connectivity index (χ4v) is 0.843. The van der Waals surface area contributed by atoms with Crippen LogP contribution in [0.1, 0.15) is 13.8 Å². The Labute approximate surface area is 72.2 Å². The molecule has 0 saturated carbocycles. The van der Waals surface area contributed by atoms with Gasteiger partial charge in [0.25, 0.3) is 0 Å². The van der Waals surface area contributed by atoms with Crippen molar-refractivity contribution in [1.29, 1.82) is 0 Å². The highest BCUT2D eigenvalue weighted by molar-refractivity contribution is 9.10. The van der Waals surface area contributed by atoms with Crippen molar-refractivity contribution in [2.75, 3.05) is 6.61 Å². The van der Waals surface area contributed by atoms with Crippen molar-refractivity contribution in [1.82, 2.24) is 0 Å². The minimum Gasteiger partial charge on any atom is -0.396 e. The molecule has 1 unspecified atom stereocenters. The summed E-state index contributed by atoms with van der Waals surface area (Å²) in [7, 11) is 0. The van der Waals surface area contributed by atoms with Crippen molar-refractivity contribution in [2.24, 2.45) is 5.41 Å². The maximum absolute atomic E-state index is 8.76. The number of hydrogen-bond donors (Lipinski definition) is 1. The summed E-state index contributed by atoms with van der Waals surface area (Å²) in [5, 5.41) is 8.61. The molecule has 0 rings (SSSR count). The molecule has 56 valence electrons. The van der Waals surface area contributed by atoms with Gasteiger partial charge < -0.3 is 5.11 Å². The lowest BCUT2D eigenvalue weighted by Gasteiger charge is -2.24. The van der Waals surface area contributed by atoms with E-state index in [9.17, 15) is 0 Å². The Morgan fingerprint density at radius 2 is 2.11 bits per heavy atom. The summed E-state index contributed by atoms with van der Waals surface area (Å²) in [4.78, 5) is 0. The van der Waals surface area contributed by atoms with Crippen LogP contribution in [-0.4, -0.2) is 16.7 Å². The zero-order valence-electron chi connectivity index (χ0n) is 5.40. The van der Waals surface area contributed by atoms with E-state index < -0.39 is 0 Å². The summed E-state index contributed by atoms with van der Waals surface area (Å²) in [6.45, 7) is 3.88. The van der Waals surface area contributed by atoms with E-state index in [1.54, 1.807) is 0 Å². The lowest BCUT2D eigenvalue weighted by atomic mass is 9.97. The average Bonchev–Trinajstić information content (AvgIpc) is 1.86. The number of halogens is 2. The van der Waals surface area contributed by atoms with Gasteiger partial charge in [-0.2, -0.15) is 0 Å². The highest BCUT2D eigenvalue weighted by atomic mass is 79.9. The van der Waals surface area contributed by atoms with Gasteiger partial charge in [0, 0.05) is 5.41 Å². The number of hydrogen-bond acceptors (Lipinski definition) is 2. The van der Waals surface area contributed by atoms with Gasteiger partial charge in [-0.3, -0.25) is 3.83 Å². The molecule has 4 heteroatoms. The van der Waals surface area contributed by atoms with Gasteiger partial charge in [0.2, 0.25) is 0 Å². The highest BCUT2D eigenvalue weighted by Crippen LogP contribution is 2.28. The second-order valence-corrected chi connectivity index (χ2v) is 3.76. The van der Waals surface area contributed by atoms with Crippen LogP contribution in [0.15, 0.2) is 0 Å². The molecule has 2 nitrogen and oxygen atoms in total. The first-order valence-corrected chi connectivity index (χ1v) is 4.13. The summed E-state index contributed by atoms with van der Waals surface area (Å²) in [6.07, 6.45) is 0. The Morgan fingerprint density at radius 3 is 2.22 bits per heavy atom. The summed E-state index contributed by atoms with van der Waals surface area (Å²) in [5.74, 6) is 0. The Morgan fingerprint density at radius 1 is 1.67 bits per heavy atom. The standard InChI is InChI=1S/C5H10Br2O2/c1-5(2,3-8)4(6)9-7/h4,8H,3H2,1-2H3. The molecule has 0 bridgehead atoms. The van der Waals surface area contributed by atoms with E-state index >= 15 is 0 Å². The first kappa shape index (κ1) is 9.88. The van der Waals surface area contributed by atoms with Gasteiger partial charge in [-0.1, -0.05) is 29.8 Å². The molecule has 0 saturated heterocycles. The topological polar surface area (TPSA) is 29.5 Å². The SMILES string of the molecule is CC(C)(CO)C(Br)OBr. The van der Waals surface area contributed by atoms with Crippen LogP contribution in [0.25, 0.3) is 0 Å². The van der Waals surface area contributed by atoms with E-state index in [0.717, 1.165) is 0 Å². The molecule has 0 spiro atoms. The molecule has 9 heavy (non-hydrogen) atoms.